The Bertz CT molecular complexity index is 421. The number of thiazole rings is 1. The molecule has 2 heterocycles. The molecule has 2 aromatic rings. The largest absolute Gasteiger partial charge is 0.330 e. The molecule has 0 saturated heterocycles. The van der Waals surface area contributed by atoms with E-state index in [-0.39, 0.29) is 0 Å². The lowest BCUT2D eigenvalue weighted by Crippen LogP contribution is -2.17. The third kappa shape index (κ3) is 3.94. The van der Waals surface area contributed by atoms with E-state index in [0.717, 1.165) is 36.8 Å². The van der Waals surface area contributed by atoms with Gasteiger partial charge in [-0.25, -0.2) is 9.97 Å². The SMILES string of the molecule is CCCNCCc1cn(Cc2nccs2)cn1. The summed E-state index contributed by atoms with van der Waals surface area (Å²) in [6, 6.07) is 0. The van der Waals surface area contributed by atoms with Crippen LogP contribution in [0.15, 0.2) is 24.1 Å². The van der Waals surface area contributed by atoms with Gasteiger partial charge in [-0.2, -0.15) is 0 Å². The summed E-state index contributed by atoms with van der Waals surface area (Å²) in [7, 11) is 0. The van der Waals surface area contributed by atoms with Gasteiger partial charge in [0.15, 0.2) is 0 Å². The van der Waals surface area contributed by atoms with Crippen LogP contribution < -0.4 is 5.32 Å². The van der Waals surface area contributed by atoms with Crippen molar-refractivity contribution >= 4 is 11.3 Å². The van der Waals surface area contributed by atoms with E-state index in [2.05, 4.69) is 33.0 Å². The number of nitrogens with zero attached hydrogens (tertiary/aromatic N) is 3. The van der Waals surface area contributed by atoms with Gasteiger partial charge in [-0.05, 0) is 13.0 Å². The molecule has 0 aliphatic carbocycles. The molecule has 0 radical (unpaired) electrons. The van der Waals surface area contributed by atoms with Crippen LogP contribution in [0.25, 0.3) is 0 Å². The molecule has 4 nitrogen and oxygen atoms in total. The maximum Gasteiger partial charge on any atom is 0.112 e. The van der Waals surface area contributed by atoms with E-state index in [1.54, 1.807) is 11.3 Å². The molecule has 0 aliphatic heterocycles. The van der Waals surface area contributed by atoms with E-state index >= 15 is 0 Å². The van der Waals surface area contributed by atoms with Crippen LogP contribution in [0.1, 0.15) is 24.0 Å². The highest BCUT2D eigenvalue weighted by Gasteiger charge is 2.01. The summed E-state index contributed by atoms with van der Waals surface area (Å²) < 4.78 is 2.09. The van der Waals surface area contributed by atoms with Crippen LogP contribution >= 0.6 is 11.3 Å². The summed E-state index contributed by atoms with van der Waals surface area (Å²) in [5.41, 5.74) is 1.14. The fraction of sp³-hybridized carbons (Fsp3) is 0.500. The van der Waals surface area contributed by atoms with Gasteiger partial charge in [-0.1, -0.05) is 6.92 Å². The number of imidazole rings is 1. The van der Waals surface area contributed by atoms with Gasteiger partial charge in [-0.15, -0.1) is 11.3 Å². The van der Waals surface area contributed by atoms with E-state index in [9.17, 15) is 0 Å². The molecule has 1 N–H and O–H groups in total. The molecular weight excluding hydrogens is 232 g/mol. The zero-order valence-electron chi connectivity index (χ0n) is 10.1. The quantitative estimate of drug-likeness (QED) is 0.764. The van der Waals surface area contributed by atoms with Gasteiger partial charge in [0, 0.05) is 30.7 Å². The molecular formula is C12H18N4S. The second-order valence-corrected chi connectivity index (χ2v) is 4.94. The molecule has 0 bridgehead atoms. The Morgan fingerprint density at radius 3 is 3.06 bits per heavy atom. The lowest BCUT2D eigenvalue weighted by atomic mass is 10.3. The first-order chi connectivity index (χ1) is 8.38. The second-order valence-electron chi connectivity index (χ2n) is 3.96. The number of hydrogen-bond donors (Lipinski definition) is 1. The molecule has 0 amide bonds. The minimum absolute atomic E-state index is 0.826. The van der Waals surface area contributed by atoms with E-state index < -0.39 is 0 Å². The van der Waals surface area contributed by atoms with Gasteiger partial charge in [-0.3, -0.25) is 0 Å². The standard InChI is InChI=1S/C12H18N4S/c1-2-4-13-5-3-11-8-16(10-15-11)9-12-14-6-7-17-12/h6-8,10,13H,2-5,9H2,1H3. The fourth-order valence-corrected chi connectivity index (χ4v) is 2.25. The average molecular weight is 250 g/mol. The Hall–Kier alpha value is -1.20. The van der Waals surface area contributed by atoms with Gasteiger partial charge in [0.1, 0.15) is 5.01 Å². The summed E-state index contributed by atoms with van der Waals surface area (Å²) in [6.45, 7) is 5.09. The average Bonchev–Trinajstić information content (AvgIpc) is 2.97. The zero-order valence-corrected chi connectivity index (χ0v) is 10.9. The van der Waals surface area contributed by atoms with Crippen LogP contribution in [-0.2, 0) is 13.0 Å². The minimum atomic E-state index is 0.826. The lowest BCUT2D eigenvalue weighted by molar-refractivity contribution is 0.666. The third-order valence-corrected chi connectivity index (χ3v) is 3.24. The maximum absolute atomic E-state index is 4.39. The number of nitrogens with one attached hydrogen (secondary N) is 1. The molecule has 2 aromatic heterocycles. The molecule has 92 valence electrons. The highest BCUT2D eigenvalue weighted by molar-refractivity contribution is 7.09. The van der Waals surface area contributed by atoms with Gasteiger partial charge >= 0.3 is 0 Å². The lowest BCUT2D eigenvalue weighted by Gasteiger charge is -2.00. The topological polar surface area (TPSA) is 42.7 Å². The summed E-state index contributed by atoms with van der Waals surface area (Å²) in [4.78, 5) is 8.66. The summed E-state index contributed by atoms with van der Waals surface area (Å²) in [6.07, 6.45) is 8.00. The minimum Gasteiger partial charge on any atom is -0.330 e. The Balaban J connectivity index is 1.79. The van der Waals surface area contributed by atoms with Crippen LogP contribution in [0.4, 0.5) is 0 Å². The van der Waals surface area contributed by atoms with Crippen LogP contribution in [-0.4, -0.2) is 27.6 Å². The Labute approximate surface area is 106 Å². The number of aromatic nitrogens is 3. The van der Waals surface area contributed by atoms with Gasteiger partial charge in [0.2, 0.25) is 0 Å². The van der Waals surface area contributed by atoms with Crippen molar-refractivity contribution in [3.63, 3.8) is 0 Å². The molecule has 0 spiro atoms. The molecule has 0 unspecified atom stereocenters. The van der Waals surface area contributed by atoms with Crippen LogP contribution in [0.2, 0.25) is 0 Å². The van der Waals surface area contributed by atoms with Gasteiger partial charge in [0.25, 0.3) is 0 Å². The molecule has 0 aromatic carbocycles. The van der Waals surface area contributed by atoms with E-state index in [1.807, 2.05) is 17.9 Å². The van der Waals surface area contributed by atoms with Crippen molar-refractivity contribution in [3.8, 4) is 0 Å². The first kappa shape index (κ1) is 12.3. The second kappa shape index (κ2) is 6.51. The van der Waals surface area contributed by atoms with Crippen molar-refractivity contribution in [2.45, 2.75) is 26.3 Å². The van der Waals surface area contributed by atoms with Crippen molar-refractivity contribution in [1.29, 1.82) is 0 Å². The van der Waals surface area contributed by atoms with Crippen molar-refractivity contribution in [1.82, 2.24) is 19.9 Å². The van der Waals surface area contributed by atoms with Gasteiger partial charge in [0.05, 0.1) is 18.6 Å². The molecule has 2 rings (SSSR count). The van der Waals surface area contributed by atoms with Gasteiger partial charge < -0.3 is 9.88 Å². The first-order valence-electron chi connectivity index (χ1n) is 5.98. The monoisotopic (exact) mass is 250 g/mol. The maximum atomic E-state index is 4.39. The Kier molecular flexibility index (Phi) is 4.70. The zero-order chi connectivity index (χ0) is 11.9. The molecule has 0 atom stereocenters. The third-order valence-electron chi connectivity index (χ3n) is 2.47. The first-order valence-corrected chi connectivity index (χ1v) is 6.86. The number of rotatable bonds is 7. The number of hydrogen-bond acceptors (Lipinski definition) is 4. The highest BCUT2D eigenvalue weighted by Crippen LogP contribution is 2.07. The summed E-state index contributed by atoms with van der Waals surface area (Å²) in [5, 5.41) is 6.50. The van der Waals surface area contributed by atoms with Crippen LogP contribution in [0, 0.1) is 0 Å². The molecule has 0 saturated carbocycles. The Morgan fingerprint density at radius 1 is 1.35 bits per heavy atom. The normalized spacial score (nSPS) is 10.9. The van der Waals surface area contributed by atoms with Crippen molar-refractivity contribution in [2.24, 2.45) is 0 Å². The molecule has 0 aliphatic rings. The van der Waals surface area contributed by atoms with Crippen molar-refractivity contribution < 1.29 is 0 Å². The molecule has 17 heavy (non-hydrogen) atoms. The van der Waals surface area contributed by atoms with Crippen molar-refractivity contribution in [2.75, 3.05) is 13.1 Å². The van der Waals surface area contributed by atoms with E-state index in [1.165, 1.54) is 6.42 Å². The smallest absolute Gasteiger partial charge is 0.112 e. The summed E-state index contributed by atoms with van der Waals surface area (Å²) in [5.74, 6) is 0. The fourth-order valence-electron chi connectivity index (χ4n) is 1.63. The van der Waals surface area contributed by atoms with Crippen LogP contribution in [0.3, 0.4) is 0 Å². The van der Waals surface area contributed by atoms with Crippen molar-refractivity contribution in [3.05, 3.63) is 34.8 Å². The Morgan fingerprint density at radius 2 is 2.29 bits per heavy atom. The highest BCUT2D eigenvalue weighted by atomic mass is 32.1. The van der Waals surface area contributed by atoms with E-state index in [0.29, 0.717) is 0 Å². The molecule has 0 fully saturated rings. The predicted molar refractivity (Wildman–Crippen MR) is 70.3 cm³/mol. The predicted octanol–water partition coefficient (Wildman–Crippen LogP) is 1.93. The summed E-state index contributed by atoms with van der Waals surface area (Å²) >= 11 is 1.68. The molecule has 5 heteroatoms. The van der Waals surface area contributed by atoms with E-state index in [4.69, 9.17) is 0 Å². The van der Waals surface area contributed by atoms with Crippen LogP contribution in [0.5, 0.6) is 0 Å².